The van der Waals surface area contributed by atoms with Gasteiger partial charge in [0.1, 0.15) is 18.2 Å². The van der Waals surface area contributed by atoms with E-state index in [2.05, 4.69) is 81.3 Å². The Morgan fingerprint density at radius 3 is 2.25 bits per heavy atom. The minimum absolute atomic E-state index is 0.0618. The highest BCUT2D eigenvalue weighted by atomic mass is 16.3. The minimum atomic E-state index is -1.07. The quantitative estimate of drug-likeness (QED) is 0.144. The fourth-order valence-electron chi connectivity index (χ4n) is 6.49. The van der Waals surface area contributed by atoms with Gasteiger partial charge in [0.25, 0.3) is 0 Å². The van der Waals surface area contributed by atoms with Gasteiger partial charge in [0.2, 0.25) is 5.95 Å². The van der Waals surface area contributed by atoms with E-state index in [4.69, 9.17) is 15.0 Å². The van der Waals surface area contributed by atoms with Gasteiger partial charge in [-0.05, 0) is 30.9 Å². The largest absolute Gasteiger partial charge is 0.388 e. The van der Waals surface area contributed by atoms with Gasteiger partial charge in [-0.25, -0.2) is 9.97 Å². The highest BCUT2D eigenvalue weighted by Crippen LogP contribution is 2.40. The Hall–Kier alpha value is -5.14. The first kappa shape index (κ1) is 31.5. The molecule has 0 saturated heterocycles. The fraction of sp³-hybridized carbons (Fsp3) is 0.371. The standard InChI is InChI=1S/C35H41N11O2/c1-3-25-18-40-46(43-25)29-17-28(31(47)32(29)48)45-22-39-30-33(37-19-27(23-11-7-5-8-12-23)24-13-9-6-10-14-24)41-35(42-34(30)45)36-16-15-26-20-44(4-2)21-38-26/h5-14,18,20-22,27-29,31-32,47-48H,3-4,15-17,19H2,1-2H3,(H2,36,37,41,42)/t28-,29+,31+,32-/m1/s1. The number of aliphatic hydroxyl groups excluding tert-OH is 2. The number of aliphatic hydroxyl groups is 2. The molecule has 7 rings (SSSR count). The molecule has 0 aliphatic heterocycles. The molecule has 48 heavy (non-hydrogen) atoms. The second-order valence-corrected chi connectivity index (χ2v) is 12.2. The first-order chi connectivity index (χ1) is 23.5. The molecule has 0 amide bonds. The van der Waals surface area contributed by atoms with E-state index in [1.165, 1.54) is 15.9 Å². The summed E-state index contributed by atoms with van der Waals surface area (Å²) in [4.78, 5) is 20.5. The fourth-order valence-corrected chi connectivity index (χ4v) is 6.49. The Labute approximate surface area is 278 Å². The van der Waals surface area contributed by atoms with E-state index in [1.807, 2.05) is 40.7 Å². The monoisotopic (exact) mass is 647 g/mol. The number of imidazole rings is 2. The molecular formula is C35H41N11O2. The van der Waals surface area contributed by atoms with Crippen molar-refractivity contribution in [3.05, 3.63) is 108 Å². The van der Waals surface area contributed by atoms with Crippen molar-refractivity contribution in [3.63, 3.8) is 0 Å². The van der Waals surface area contributed by atoms with Crippen LogP contribution in [0.25, 0.3) is 11.2 Å². The van der Waals surface area contributed by atoms with Crippen LogP contribution in [0.15, 0.2) is 85.7 Å². The Morgan fingerprint density at radius 1 is 0.854 bits per heavy atom. The lowest BCUT2D eigenvalue weighted by atomic mass is 9.91. The lowest BCUT2D eigenvalue weighted by Crippen LogP contribution is -2.31. The van der Waals surface area contributed by atoms with E-state index >= 15 is 0 Å². The number of anilines is 2. The number of nitrogens with zero attached hydrogens (tertiary/aromatic N) is 9. The molecule has 0 unspecified atom stereocenters. The summed E-state index contributed by atoms with van der Waals surface area (Å²) in [6.45, 7) is 6.10. The van der Waals surface area contributed by atoms with Crippen LogP contribution in [0.4, 0.5) is 11.8 Å². The Morgan fingerprint density at radius 2 is 1.58 bits per heavy atom. The molecule has 248 valence electrons. The van der Waals surface area contributed by atoms with Crippen molar-refractivity contribution in [1.29, 1.82) is 0 Å². The molecule has 0 bridgehead atoms. The first-order valence-corrected chi connectivity index (χ1v) is 16.6. The van der Waals surface area contributed by atoms with Gasteiger partial charge in [0.15, 0.2) is 17.0 Å². The van der Waals surface area contributed by atoms with Gasteiger partial charge in [0, 0.05) is 38.2 Å². The van der Waals surface area contributed by atoms with Crippen molar-refractivity contribution in [2.45, 2.75) is 69.9 Å². The molecule has 0 radical (unpaired) electrons. The summed E-state index contributed by atoms with van der Waals surface area (Å²) in [6.07, 6.45) is 6.98. The molecule has 0 spiro atoms. The number of benzene rings is 2. The van der Waals surface area contributed by atoms with E-state index in [9.17, 15) is 10.2 Å². The molecule has 13 nitrogen and oxygen atoms in total. The van der Waals surface area contributed by atoms with Crippen LogP contribution < -0.4 is 10.6 Å². The van der Waals surface area contributed by atoms with E-state index in [0.29, 0.717) is 48.9 Å². The molecular weight excluding hydrogens is 606 g/mol. The van der Waals surface area contributed by atoms with Crippen LogP contribution in [0.3, 0.4) is 0 Å². The van der Waals surface area contributed by atoms with Crippen LogP contribution in [0.5, 0.6) is 0 Å². The van der Waals surface area contributed by atoms with E-state index in [1.54, 1.807) is 12.5 Å². The number of nitrogens with one attached hydrogen (secondary N) is 2. The smallest absolute Gasteiger partial charge is 0.226 e. The lowest BCUT2D eigenvalue weighted by molar-refractivity contribution is 0.00497. The molecule has 1 fully saturated rings. The zero-order valence-electron chi connectivity index (χ0n) is 27.1. The van der Waals surface area contributed by atoms with Gasteiger partial charge in [-0.1, -0.05) is 67.6 Å². The number of fused-ring (bicyclic) bond motifs is 1. The first-order valence-electron chi connectivity index (χ1n) is 16.6. The van der Waals surface area contributed by atoms with Crippen molar-refractivity contribution in [1.82, 2.24) is 44.1 Å². The molecule has 1 aliphatic carbocycles. The van der Waals surface area contributed by atoms with Crippen molar-refractivity contribution in [3.8, 4) is 0 Å². The zero-order chi connectivity index (χ0) is 33.0. The second-order valence-electron chi connectivity index (χ2n) is 12.2. The summed E-state index contributed by atoms with van der Waals surface area (Å²) in [5.74, 6) is 1.08. The van der Waals surface area contributed by atoms with Gasteiger partial charge in [-0.2, -0.15) is 25.0 Å². The summed E-state index contributed by atoms with van der Waals surface area (Å²) in [6, 6.07) is 19.8. The summed E-state index contributed by atoms with van der Waals surface area (Å²) in [5.41, 5.74) is 5.32. The van der Waals surface area contributed by atoms with Crippen LogP contribution in [0.1, 0.15) is 60.8 Å². The topological polar surface area (TPSA) is 157 Å². The van der Waals surface area contributed by atoms with Crippen molar-refractivity contribution >= 4 is 22.9 Å². The molecule has 1 saturated carbocycles. The summed E-state index contributed by atoms with van der Waals surface area (Å²) < 4.78 is 3.89. The molecule has 2 aromatic carbocycles. The third kappa shape index (κ3) is 6.38. The van der Waals surface area contributed by atoms with Gasteiger partial charge in [-0.3, -0.25) is 0 Å². The third-order valence-corrected chi connectivity index (χ3v) is 9.21. The normalized spacial score (nSPS) is 19.4. The molecule has 13 heteroatoms. The Balaban J connectivity index is 1.20. The average molecular weight is 648 g/mol. The Kier molecular flexibility index (Phi) is 9.12. The maximum Gasteiger partial charge on any atom is 0.226 e. The average Bonchev–Trinajstić information content (AvgIpc) is 3.93. The predicted molar refractivity (Wildman–Crippen MR) is 183 cm³/mol. The summed E-state index contributed by atoms with van der Waals surface area (Å²) in [5, 5.41) is 38.3. The van der Waals surface area contributed by atoms with Gasteiger partial charge >= 0.3 is 0 Å². The van der Waals surface area contributed by atoms with Gasteiger partial charge in [-0.15, -0.1) is 0 Å². The number of hydrogen-bond donors (Lipinski definition) is 4. The Bertz CT molecular complexity index is 1900. The van der Waals surface area contributed by atoms with Crippen molar-refractivity contribution < 1.29 is 10.2 Å². The predicted octanol–water partition coefficient (Wildman–Crippen LogP) is 4.00. The van der Waals surface area contributed by atoms with E-state index < -0.39 is 24.3 Å². The lowest BCUT2D eigenvalue weighted by Gasteiger charge is -2.20. The maximum atomic E-state index is 11.3. The minimum Gasteiger partial charge on any atom is -0.388 e. The van der Waals surface area contributed by atoms with Crippen LogP contribution in [-0.4, -0.2) is 79.6 Å². The van der Waals surface area contributed by atoms with Crippen molar-refractivity contribution in [2.24, 2.45) is 0 Å². The number of rotatable bonds is 13. The molecule has 4 heterocycles. The third-order valence-electron chi connectivity index (χ3n) is 9.21. The van der Waals surface area contributed by atoms with Crippen molar-refractivity contribution in [2.75, 3.05) is 23.7 Å². The zero-order valence-corrected chi connectivity index (χ0v) is 27.1. The molecule has 6 aromatic rings. The van der Waals surface area contributed by atoms with Crippen LogP contribution in [0, 0.1) is 0 Å². The van der Waals surface area contributed by atoms with E-state index in [-0.39, 0.29) is 5.92 Å². The number of aromatic nitrogens is 9. The highest BCUT2D eigenvalue weighted by molar-refractivity contribution is 5.84. The molecule has 4 aromatic heterocycles. The maximum absolute atomic E-state index is 11.3. The van der Waals surface area contributed by atoms with E-state index in [0.717, 1.165) is 24.4 Å². The molecule has 1 aliphatic rings. The van der Waals surface area contributed by atoms with Crippen LogP contribution in [0.2, 0.25) is 0 Å². The molecule has 4 atom stereocenters. The number of hydrogen-bond acceptors (Lipinski definition) is 10. The summed E-state index contributed by atoms with van der Waals surface area (Å²) >= 11 is 0. The van der Waals surface area contributed by atoms with Crippen LogP contribution in [-0.2, 0) is 19.4 Å². The summed E-state index contributed by atoms with van der Waals surface area (Å²) in [7, 11) is 0. The number of aryl methyl sites for hydroxylation is 2. The highest BCUT2D eigenvalue weighted by Gasteiger charge is 2.45. The second kappa shape index (κ2) is 13.9. The molecule has 4 N–H and O–H groups in total. The SMILES string of the molecule is CCc1cnn([C@H]2C[C@@H](n3cnc4c(NCC(c5ccccc5)c5ccccc5)nc(NCCc5cn(CC)cn5)nc43)[C@H](O)[C@@H]2O)n1. The van der Waals surface area contributed by atoms with Crippen LogP contribution >= 0.6 is 0 Å². The van der Waals surface area contributed by atoms with Gasteiger partial charge < -0.3 is 30.0 Å². The van der Waals surface area contributed by atoms with Gasteiger partial charge in [0.05, 0.1) is 36.3 Å².